The van der Waals surface area contributed by atoms with E-state index in [-0.39, 0.29) is 0 Å². The van der Waals surface area contributed by atoms with Crippen molar-refractivity contribution in [2.45, 2.75) is 51.6 Å². The third kappa shape index (κ3) is 3.45. The van der Waals surface area contributed by atoms with Gasteiger partial charge in [-0.05, 0) is 55.2 Å². The summed E-state index contributed by atoms with van der Waals surface area (Å²) >= 11 is 12.0. The van der Waals surface area contributed by atoms with Crippen LogP contribution in [0, 0.1) is 11.8 Å². The molecule has 106 valence electrons. The van der Waals surface area contributed by atoms with Crippen molar-refractivity contribution in [3.63, 3.8) is 0 Å². The van der Waals surface area contributed by atoms with Crippen molar-refractivity contribution in [3.05, 3.63) is 33.8 Å². The molecule has 0 heterocycles. The van der Waals surface area contributed by atoms with Crippen LogP contribution in [-0.2, 0) is 5.60 Å². The van der Waals surface area contributed by atoms with E-state index in [2.05, 4.69) is 13.8 Å². The molecule has 2 atom stereocenters. The summed E-state index contributed by atoms with van der Waals surface area (Å²) < 4.78 is 0. The van der Waals surface area contributed by atoms with Crippen LogP contribution in [-0.4, -0.2) is 5.11 Å². The van der Waals surface area contributed by atoms with Gasteiger partial charge in [-0.25, -0.2) is 0 Å². The molecule has 1 aromatic rings. The van der Waals surface area contributed by atoms with Crippen LogP contribution in [0.3, 0.4) is 0 Å². The summed E-state index contributed by atoms with van der Waals surface area (Å²) in [6.07, 6.45) is 4.98. The summed E-state index contributed by atoms with van der Waals surface area (Å²) in [5, 5.41) is 12.0. The van der Waals surface area contributed by atoms with E-state index in [0.717, 1.165) is 37.2 Å². The Labute approximate surface area is 125 Å². The number of halogens is 2. The average molecular weight is 301 g/mol. The second-order valence-corrected chi connectivity index (χ2v) is 6.91. The molecule has 0 saturated heterocycles. The summed E-state index contributed by atoms with van der Waals surface area (Å²) in [4.78, 5) is 0. The Morgan fingerprint density at radius 1 is 1.16 bits per heavy atom. The van der Waals surface area contributed by atoms with Crippen LogP contribution in [0.2, 0.25) is 10.0 Å². The van der Waals surface area contributed by atoms with Gasteiger partial charge in [0.2, 0.25) is 0 Å². The zero-order valence-corrected chi connectivity index (χ0v) is 13.1. The highest BCUT2D eigenvalue weighted by molar-refractivity contribution is 6.42. The van der Waals surface area contributed by atoms with Gasteiger partial charge in [-0.1, -0.05) is 49.5 Å². The molecule has 0 radical (unpaired) electrons. The Bertz CT molecular complexity index is 444. The van der Waals surface area contributed by atoms with Crippen molar-refractivity contribution < 1.29 is 5.11 Å². The molecular weight excluding hydrogens is 279 g/mol. The van der Waals surface area contributed by atoms with Gasteiger partial charge < -0.3 is 5.11 Å². The maximum absolute atomic E-state index is 10.9. The van der Waals surface area contributed by atoms with Crippen molar-refractivity contribution in [1.29, 1.82) is 0 Å². The summed E-state index contributed by atoms with van der Waals surface area (Å²) in [6, 6.07) is 5.51. The first kappa shape index (κ1) is 15.2. The highest BCUT2D eigenvalue weighted by Crippen LogP contribution is 2.41. The zero-order valence-electron chi connectivity index (χ0n) is 11.6. The molecule has 3 heteroatoms. The lowest BCUT2D eigenvalue weighted by atomic mass is 9.85. The molecule has 0 amide bonds. The van der Waals surface area contributed by atoms with Crippen LogP contribution in [0.15, 0.2) is 18.2 Å². The van der Waals surface area contributed by atoms with Crippen molar-refractivity contribution >= 4 is 23.2 Å². The molecule has 1 aliphatic carbocycles. The molecule has 0 bridgehead atoms. The predicted molar refractivity (Wildman–Crippen MR) is 81.8 cm³/mol. The van der Waals surface area contributed by atoms with E-state index >= 15 is 0 Å². The minimum atomic E-state index is -0.738. The van der Waals surface area contributed by atoms with Crippen molar-refractivity contribution in [2.24, 2.45) is 11.8 Å². The van der Waals surface area contributed by atoms with Gasteiger partial charge in [0.25, 0.3) is 0 Å². The molecular formula is C16H22Cl2O. The molecule has 2 rings (SSSR count). The third-order valence-electron chi connectivity index (χ3n) is 4.49. The molecule has 1 saturated carbocycles. The molecule has 1 fully saturated rings. The van der Waals surface area contributed by atoms with Gasteiger partial charge in [0.15, 0.2) is 0 Å². The van der Waals surface area contributed by atoms with E-state index < -0.39 is 5.60 Å². The van der Waals surface area contributed by atoms with Gasteiger partial charge in [-0.3, -0.25) is 0 Å². The van der Waals surface area contributed by atoms with Gasteiger partial charge in [0.05, 0.1) is 15.6 Å². The number of hydrogen-bond acceptors (Lipinski definition) is 1. The fourth-order valence-electron chi connectivity index (χ4n) is 3.09. The van der Waals surface area contributed by atoms with Crippen LogP contribution < -0.4 is 0 Å². The molecule has 1 aromatic carbocycles. The number of benzene rings is 1. The van der Waals surface area contributed by atoms with Gasteiger partial charge in [0.1, 0.15) is 0 Å². The lowest BCUT2D eigenvalue weighted by Crippen LogP contribution is -2.25. The molecule has 1 aliphatic rings. The second-order valence-electron chi connectivity index (χ2n) is 6.10. The fourth-order valence-corrected chi connectivity index (χ4v) is 3.39. The molecule has 0 spiro atoms. The third-order valence-corrected chi connectivity index (χ3v) is 5.23. The van der Waals surface area contributed by atoms with Crippen LogP contribution >= 0.6 is 23.2 Å². The largest absolute Gasteiger partial charge is 0.385 e. The summed E-state index contributed by atoms with van der Waals surface area (Å²) in [5.74, 6) is 1.41. The number of aliphatic hydroxyl groups is 1. The molecule has 1 N–H and O–H groups in total. The lowest BCUT2D eigenvalue weighted by Gasteiger charge is -2.28. The van der Waals surface area contributed by atoms with Crippen LogP contribution in [0.5, 0.6) is 0 Å². The highest BCUT2D eigenvalue weighted by Gasteiger charge is 2.33. The van der Waals surface area contributed by atoms with Crippen molar-refractivity contribution in [2.75, 3.05) is 0 Å². The minimum absolute atomic E-state index is 0.525. The summed E-state index contributed by atoms with van der Waals surface area (Å²) in [5.41, 5.74) is 0.170. The lowest BCUT2D eigenvalue weighted by molar-refractivity contribution is 0.0191. The predicted octanol–water partition coefficient (Wildman–Crippen LogP) is 5.42. The summed E-state index contributed by atoms with van der Waals surface area (Å²) in [6.45, 7) is 4.54. The van der Waals surface area contributed by atoms with Crippen molar-refractivity contribution in [3.8, 4) is 0 Å². The Morgan fingerprint density at radius 2 is 1.89 bits per heavy atom. The summed E-state index contributed by atoms with van der Waals surface area (Å²) in [7, 11) is 0. The fraction of sp³-hybridized carbons (Fsp3) is 0.625. The zero-order chi connectivity index (χ0) is 14.0. The first-order valence-corrected chi connectivity index (χ1v) is 7.86. The Hall–Kier alpha value is -0.240. The van der Waals surface area contributed by atoms with E-state index in [4.69, 9.17) is 23.2 Å². The Morgan fingerprint density at radius 3 is 2.53 bits per heavy atom. The Balaban J connectivity index is 2.20. The van der Waals surface area contributed by atoms with Crippen molar-refractivity contribution in [1.82, 2.24) is 0 Å². The minimum Gasteiger partial charge on any atom is -0.385 e. The topological polar surface area (TPSA) is 20.2 Å². The van der Waals surface area contributed by atoms with E-state index in [1.807, 2.05) is 12.1 Å². The maximum Gasteiger partial charge on any atom is 0.0897 e. The standard InChI is InChI=1S/C16H22Cl2O/c1-11(2)12-4-3-8-16(19,9-7-12)13-5-6-14(17)15(18)10-13/h5-6,10-12,19H,3-4,7-9H2,1-2H3. The molecule has 2 unspecified atom stereocenters. The molecule has 0 aliphatic heterocycles. The smallest absolute Gasteiger partial charge is 0.0897 e. The highest BCUT2D eigenvalue weighted by atomic mass is 35.5. The number of rotatable bonds is 2. The molecule has 0 aromatic heterocycles. The second kappa shape index (κ2) is 6.03. The van der Waals surface area contributed by atoms with E-state index in [0.29, 0.717) is 16.0 Å². The van der Waals surface area contributed by atoms with Gasteiger partial charge >= 0.3 is 0 Å². The average Bonchev–Trinajstić information content (AvgIpc) is 2.56. The first-order chi connectivity index (χ1) is 8.92. The SMILES string of the molecule is CC(C)C1CCCC(O)(c2ccc(Cl)c(Cl)c2)CC1. The monoisotopic (exact) mass is 300 g/mol. The first-order valence-electron chi connectivity index (χ1n) is 7.10. The number of hydrogen-bond donors (Lipinski definition) is 1. The maximum atomic E-state index is 10.9. The molecule has 19 heavy (non-hydrogen) atoms. The quantitative estimate of drug-likeness (QED) is 0.723. The van der Waals surface area contributed by atoms with E-state index in [1.54, 1.807) is 6.07 Å². The van der Waals surface area contributed by atoms with Crippen LogP contribution in [0.25, 0.3) is 0 Å². The van der Waals surface area contributed by atoms with Gasteiger partial charge in [-0.2, -0.15) is 0 Å². The van der Waals surface area contributed by atoms with Gasteiger partial charge in [0, 0.05) is 0 Å². The van der Waals surface area contributed by atoms with Crippen LogP contribution in [0.4, 0.5) is 0 Å². The van der Waals surface area contributed by atoms with Gasteiger partial charge in [-0.15, -0.1) is 0 Å². The molecule has 1 nitrogen and oxygen atoms in total. The van der Waals surface area contributed by atoms with Crippen LogP contribution in [0.1, 0.15) is 51.5 Å². The van der Waals surface area contributed by atoms with E-state index in [9.17, 15) is 5.11 Å². The van der Waals surface area contributed by atoms with E-state index in [1.165, 1.54) is 6.42 Å². The normalized spacial score (nSPS) is 28.4. The Kier molecular flexibility index (Phi) is 4.81.